The monoisotopic (exact) mass is 451 g/mol. The number of aliphatic imine (C=N–C) groups is 1. The summed E-state index contributed by atoms with van der Waals surface area (Å²) in [7, 11) is 3.03. The molecule has 0 aliphatic carbocycles. The topological polar surface area (TPSA) is 75.1 Å². The first-order valence-corrected chi connectivity index (χ1v) is 8.12. The highest BCUT2D eigenvalue weighted by Gasteiger charge is 2.11. The zero-order chi connectivity index (χ0) is 17.1. The summed E-state index contributed by atoms with van der Waals surface area (Å²) in [5.74, 6) is 1.56. The number of unbranched alkanes of at least 4 members (excludes halogenated alkanes) is 2. The van der Waals surface area contributed by atoms with Gasteiger partial charge in [-0.3, -0.25) is 0 Å². The number of nitrogens with zero attached hydrogens (tertiary/aromatic N) is 1. The van der Waals surface area contributed by atoms with E-state index in [-0.39, 0.29) is 29.7 Å². The number of methoxy groups -OCH3 is 2. The van der Waals surface area contributed by atoms with Gasteiger partial charge < -0.3 is 25.2 Å². The summed E-state index contributed by atoms with van der Waals surface area (Å²) in [6.45, 7) is 6.40. The maximum absolute atomic E-state index is 9.93. The number of hydrogen-bond donors (Lipinski definition) is 3. The molecule has 138 valence electrons. The van der Waals surface area contributed by atoms with Gasteiger partial charge in [0.05, 0.1) is 20.8 Å². The van der Waals surface area contributed by atoms with Crippen LogP contribution in [0.3, 0.4) is 0 Å². The van der Waals surface area contributed by atoms with Crippen molar-refractivity contribution in [3.05, 3.63) is 17.7 Å². The van der Waals surface area contributed by atoms with Crippen molar-refractivity contribution in [1.82, 2.24) is 10.6 Å². The van der Waals surface area contributed by atoms with Gasteiger partial charge in [0, 0.05) is 13.1 Å². The average molecular weight is 451 g/mol. The zero-order valence-electron chi connectivity index (χ0n) is 15.0. The van der Waals surface area contributed by atoms with E-state index in [2.05, 4.69) is 22.5 Å². The van der Waals surface area contributed by atoms with Gasteiger partial charge in [-0.2, -0.15) is 0 Å². The lowest BCUT2D eigenvalue weighted by Crippen LogP contribution is -2.37. The summed E-state index contributed by atoms with van der Waals surface area (Å²) < 4.78 is 10.3. The Morgan fingerprint density at radius 2 is 1.71 bits per heavy atom. The fraction of sp³-hybridized carbons (Fsp3) is 0.588. The average Bonchev–Trinajstić information content (AvgIpc) is 2.57. The first kappa shape index (κ1) is 22.6. The lowest BCUT2D eigenvalue weighted by atomic mass is 10.2. The van der Waals surface area contributed by atoms with E-state index in [0.29, 0.717) is 18.0 Å². The number of ether oxygens (including phenoxy) is 2. The van der Waals surface area contributed by atoms with Crippen LogP contribution in [0.4, 0.5) is 0 Å². The molecule has 0 aliphatic rings. The first-order chi connectivity index (χ1) is 11.2. The molecule has 0 aliphatic heterocycles. The second kappa shape index (κ2) is 13.0. The van der Waals surface area contributed by atoms with Gasteiger partial charge in [0.1, 0.15) is 0 Å². The van der Waals surface area contributed by atoms with Crippen molar-refractivity contribution in [3.8, 4) is 17.2 Å². The summed E-state index contributed by atoms with van der Waals surface area (Å²) in [5.41, 5.74) is 0.905. The molecule has 0 radical (unpaired) electrons. The highest BCUT2D eigenvalue weighted by molar-refractivity contribution is 14.0. The van der Waals surface area contributed by atoms with Gasteiger partial charge in [-0.15, -0.1) is 24.0 Å². The van der Waals surface area contributed by atoms with Crippen molar-refractivity contribution in [3.63, 3.8) is 0 Å². The molecule has 0 heterocycles. The van der Waals surface area contributed by atoms with Crippen LogP contribution < -0.4 is 20.1 Å². The Morgan fingerprint density at radius 3 is 2.21 bits per heavy atom. The normalized spacial score (nSPS) is 10.8. The maximum atomic E-state index is 9.93. The van der Waals surface area contributed by atoms with Gasteiger partial charge in [-0.1, -0.05) is 19.8 Å². The summed E-state index contributed by atoms with van der Waals surface area (Å²) >= 11 is 0. The number of halogens is 1. The van der Waals surface area contributed by atoms with Crippen LogP contribution >= 0.6 is 24.0 Å². The van der Waals surface area contributed by atoms with Crippen molar-refractivity contribution in [2.24, 2.45) is 4.99 Å². The molecule has 0 spiro atoms. The van der Waals surface area contributed by atoms with E-state index >= 15 is 0 Å². The second-order valence-corrected chi connectivity index (χ2v) is 5.18. The third-order valence-corrected chi connectivity index (χ3v) is 3.38. The fourth-order valence-corrected chi connectivity index (χ4v) is 2.13. The van der Waals surface area contributed by atoms with Crippen LogP contribution in [0, 0.1) is 0 Å². The first-order valence-electron chi connectivity index (χ1n) is 8.12. The number of aromatic hydroxyl groups is 1. The predicted octanol–water partition coefficient (Wildman–Crippen LogP) is 3.27. The summed E-state index contributed by atoms with van der Waals surface area (Å²) in [5, 5.41) is 16.5. The number of rotatable bonds is 9. The molecule has 1 rings (SSSR count). The lowest BCUT2D eigenvalue weighted by Gasteiger charge is -2.12. The van der Waals surface area contributed by atoms with Gasteiger partial charge in [0.25, 0.3) is 0 Å². The van der Waals surface area contributed by atoms with Crippen molar-refractivity contribution >= 4 is 29.9 Å². The Morgan fingerprint density at radius 1 is 1.08 bits per heavy atom. The van der Waals surface area contributed by atoms with E-state index in [9.17, 15) is 5.11 Å². The van der Waals surface area contributed by atoms with Crippen LogP contribution in [0.15, 0.2) is 17.1 Å². The van der Waals surface area contributed by atoms with E-state index in [4.69, 9.17) is 9.47 Å². The zero-order valence-corrected chi connectivity index (χ0v) is 17.3. The number of hydrogen-bond acceptors (Lipinski definition) is 4. The third kappa shape index (κ3) is 7.46. The third-order valence-electron chi connectivity index (χ3n) is 3.38. The number of phenolic OH excluding ortho intramolecular Hbond substituents is 1. The molecule has 1 aromatic carbocycles. The molecule has 0 atom stereocenters. The van der Waals surface area contributed by atoms with Crippen LogP contribution in [-0.4, -0.2) is 38.4 Å². The smallest absolute Gasteiger partial charge is 0.200 e. The molecule has 3 N–H and O–H groups in total. The molecular weight excluding hydrogens is 421 g/mol. The number of guanidine groups is 1. The molecule has 0 fully saturated rings. The van der Waals surface area contributed by atoms with Gasteiger partial charge in [-0.05, 0) is 31.0 Å². The largest absolute Gasteiger partial charge is 0.502 e. The van der Waals surface area contributed by atoms with Crippen molar-refractivity contribution in [1.29, 1.82) is 0 Å². The Bertz CT molecular complexity index is 485. The van der Waals surface area contributed by atoms with Crippen LogP contribution in [0.2, 0.25) is 0 Å². The second-order valence-electron chi connectivity index (χ2n) is 5.18. The van der Waals surface area contributed by atoms with Crippen molar-refractivity contribution in [2.45, 2.75) is 39.7 Å². The van der Waals surface area contributed by atoms with Crippen molar-refractivity contribution in [2.75, 3.05) is 27.3 Å². The van der Waals surface area contributed by atoms with E-state index in [1.165, 1.54) is 27.1 Å². The molecule has 6 nitrogen and oxygen atoms in total. The molecule has 0 aromatic heterocycles. The molecule has 0 bridgehead atoms. The molecule has 0 amide bonds. The fourth-order valence-electron chi connectivity index (χ4n) is 2.13. The minimum Gasteiger partial charge on any atom is -0.502 e. The van der Waals surface area contributed by atoms with E-state index in [0.717, 1.165) is 31.0 Å². The molecular formula is C17H30IN3O3. The van der Waals surface area contributed by atoms with Crippen LogP contribution in [-0.2, 0) is 6.54 Å². The lowest BCUT2D eigenvalue weighted by molar-refractivity contribution is 0.339. The van der Waals surface area contributed by atoms with Crippen molar-refractivity contribution < 1.29 is 14.6 Å². The maximum Gasteiger partial charge on any atom is 0.200 e. The van der Waals surface area contributed by atoms with E-state index in [1.54, 1.807) is 12.1 Å². The number of benzene rings is 1. The standard InChI is InChI=1S/C17H29N3O3.HI/c1-5-7-8-9-19-17(18-6-2)20-12-13-10-14(22-3)16(21)15(11-13)23-4;/h10-11,21H,5-9,12H2,1-4H3,(H2,18,19,20);1H. The SMILES string of the molecule is CCCCCNC(=NCc1cc(OC)c(O)c(OC)c1)NCC.I. The summed E-state index contributed by atoms with van der Waals surface area (Å²) in [6.07, 6.45) is 3.53. The summed E-state index contributed by atoms with van der Waals surface area (Å²) in [4.78, 5) is 4.56. The molecule has 0 saturated heterocycles. The van der Waals surface area contributed by atoms with Crippen LogP contribution in [0.5, 0.6) is 17.2 Å². The van der Waals surface area contributed by atoms with E-state index in [1.807, 2.05) is 6.92 Å². The molecule has 7 heteroatoms. The van der Waals surface area contributed by atoms with Crippen LogP contribution in [0.25, 0.3) is 0 Å². The van der Waals surface area contributed by atoms with Gasteiger partial charge in [0.2, 0.25) is 5.75 Å². The highest BCUT2D eigenvalue weighted by atomic mass is 127. The van der Waals surface area contributed by atoms with Gasteiger partial charge >= 0.3 is 0 Å². The predicted molar refractivity (Wildman–Crippen MR) is 109 cm³/mol. The number of phenols is 1. The van der Waals surface area contributed by atoms with Gasteiger partial charge in [-0.25, -0.2) is 4.99 Å². The minimum atomic E-state index is 0. The van der Waals surface area contributed by atoms with E-state index < -0.39 is 0 Å². The Kier molecular flexibility index (Phi) is 12.2. The molecule has 0 unspecified atom stereocenters. The van der Waals surface area contributed by atoms with Gasteiger partial charge in [0.15, 0.2) is 17.5 Å². The Labute approximate surface area is 162 Å². The minimum absolute atomic E-state index is 0. The molecule has 0 saturated carbocycles. The highest BCUT2D eigenvalue weighted by Crippen LogP contribution is 2.37. The quantitative estimate of drug-likeness (QED) is 0.233. The number of nitrogens with one attached hydrogen (secondary N) is 2. The summed E-state index contributed by atoms with van der Waals surface area (Å²) in [6, 6.07) is 3.53. The Balaban J connectivity index is 0.00000529. The van der Waals surface area contributed by atoms with Crippen LogP contribution in [0.1, 0.15) is 38.7 Å². The molecule has 1 aromatic rings. The Hall–Kier alpha value is -1.38. The molecule has 24 heavy (non-hydrogen) atoms.